The molecule has 1 aliphatic carbocycles. The Kier molecular flexibility index (Phi) is 6.41. The molecule has 0 spiro atoms. The number of hydrogen-bond acceptors (Lipinski definition) is 4. The van der Waals surface area contributed by atoms with E-state index in [9.17, 15) is 9.59 Å². The maximum atomic E-state index is 12.5. The lowest BCUT2D eigenvalue weighted by Gasteiger charge is -2.16. The van der Waals surface area contributed by atoms with Crippen molar-refractivity contribution < 1.29 is 14.3 Å². The largest absolute Gasteiger partial charge is 0.497 e. The second-order valence-electron chi connectivity index (χ2n) is 6.81. The Bertz CT molecular complexity index is 799. The van der Waals surface area contributed by atoms with Gasteiger partial charge in [0.2, 0.25) is 0 Å². The highest BCUT2D eigenvalue weighted by Crippen LogP contribution is 2.19. The van der Waals surface area contributed by atoms with E-state index in [1.165, 1.54) is 25.2 Å². The molecule has 2 amide bonds. The van der Waals surface area contributed by atoms with Gasteiger partial charge in [-0.3, -0.25) is 14.6 Å². The van der Waals surface area contributed by atoms with Crippen molar-refractivity contribution in [3.63, 3.8) is 0 Å². The monoisotopic (exact) mass is 367 g/mol. The molecule has 0 atom stereocenters. The highest BCUT2D eigenvalue weighted by atomic mass is 16.5. The Labute approximate surface area is 159 Å². The Hall–Kier alpha value is -2.89. The molecular formula is C21H25N3O3. The van der Waals surface area contributed by atoms with E-state index in [0.29, 0.717) is 22.6 Å². The van der Waals surface area contributed by atoms with E-state index in [4.69, 9.17) is 4.74 Å². The summed E-state index contributed by atoms with van der Waals surface area (Å²) >= 11 is 0. The number of anilines is 1. The van der Waals surface area contributed by atoms with Crippen molar-refractivity contribution in [1.82, 2.24) is 10.3 Å². The number of hydrogen-bond donors (Lipinski definition) is 2. The van der Waals surface area contributed by atoms with E-state index in [0.717, 1.165) is 25.7 Å². The fraction of sp³-hybridized carbons (Fsp3) is 0.381. The van der Waals surface area contributed by atoms with Gasteiger partial charge in [-0.05, 0) is 31.0 Å². The van der Waals surface area contributed by atoms with Crippen LogP contribution in [0.2, 0.25) is 0 Å². The maximum absolute atomic E-state index is 12.5. The average Bonchev–Trinajstić information content (AvgIpc) is 2.97. The number of ether oxygens (including phenoxy) is 1. The molecule has 1 aliphatic rings. The lowest BCUT2D eigenvalue weighted by atomic mass is 10.1. The minimum atomic E-state index is -0.320. The fourth-order valence-corrected chi connectivity index (χ4v) is 3.28. The van der Waals surface area contributed by atoms with Crippen LogP contribution in [-0.2, 0) is 0 Å². The van der Waals surface area contributed by atoms with Gasteiger partial charge in [-0.25, -0.2) is 0 Å². The van der Waals surface area contributed by atoms with Gasteiger partial charge < -0.3 is 15.4 Å². The summed E-state index contributed by atoms with van der Waals surface area (Å²) in [4.78, 5) is 29.1. The summed E-state index contributed by atoms with van der Waals surface area (Å²) in [5.41, 5.74) is 1.36. The number of nitrogens with zero attached hydrogens (tertiary/aromatic N) is 1. The molecule has 0 unspecified atom stereocenters. The molecular weight excluding hydrogens is 342 g/mol. The van der Waals surface area contributed by atoms with Crippen molar-refractivity contribution in [2.24, 2.45) is 0 Å². The second-order valence-corrected chi connectivity index (χ2v) is 6.81. The zero-order valence-corrected chi connectivity index (χ0v) is 15.5. The average molecular weight is 367 g/mol. The van der Waals surface area contributed by atoms with E-state index in [2.05, 4.69) is 15.6 Å². The van der Waals surface area contributed by atoms with Gasteiger partial charge in [-0.2, -0.15) is 0 Å². The smallest absolute Gasteiger partial charge is 0.257 e. The Morgan fingerprint density at radius 3 is 2.41 bits per heavy atom. The first kappa shape index (κ1) is 18.9. The summed E-state index contributed by atoms with van der Waals surface area (Å²) in [6.07, 6.45) is 9.72. The molecule has 27 heavy (non-hydrogen) atoms. The molecule has 1 aromatic carbocycles. The number of rotatable bonds is 5. The highest BCUT2D eigenvalue weighted by molar-refractivity contribution is 6.05. The van der Waals surface area contributed by atoms with Crippen LogP contribution in [0.4, 0.5) is 5.69 Å². The standard InChI is InChI=1S/C21H25N3O3/c1-27-19-10-6-9-18(12-19)24-21(26)16-11-15(13-22-14-16)20(25)23-17-7-4-2-3-5-8-17/h6,9-14,17H,2-5,7-8H2,1H3,(H,23,25)(H,24,26). The van der Waals surface area contributed by atoms with E-state index in [-0.39, 0.29) is 17.9 Å². The number of amides is 2. The highest BCUT2D eigenvalue weighted by Gasteiger charge is 2.17. The van der Waals surface area contributed by atoms with Crippen LogP contribution in [0.25, 0.3) is 0 Å². The van der Waals surface area contributed by atoms with Crippen LogP contribution in [0.1, 0.15) is 59.2 Å². The van der Waals surface area contributed by atoms with Crippen LogP contribution < -0.4 is 15.4 Å². The number of carbonyl (C=O) groups is 2. The molecule has 1 heterocycles. The number of carbonyl (C=O) groups excluding carboxylic acids is 2. The van der Waals surface area contributed by atoms with Crippen LogP contribution >= 0.6 is 0 Å². The quantitative estimate of drug-likeness (QED) is 0.788. The fourth-order valence-electron chi connectivity index (χ4n) is 3.28. The molecule has 142 valence electrons. The summed E-state index contributed by atoms with van der Waals surface area (Å²) in [6.45, 7) is 0. The Morgan fingerprint density at radius 2 is 1.70 bits per heavy atom. The van der Waals surface area contributed by atoms with E-state index < -0.39 is 0 Å². The van der Waals surface area contributed by atoms with Crippen LogP contribution in [0.15, 0.2) is 42.7 Å². The van der Waals surface area contributed by atoms with E-state index in [1.807, 2.05) is 0 Å². The summed E-state index contributed by atoms with van der Waals surface area (Å²) in [5.74, 6) is 0.160. The predicted octanol–water partition coefficient (Wildman–Crippen LogP) is 3.80. The third kappa shape index (κ3) is 5.29. The van der Waals surface area contributed by atoms with Gasteiger partial charge in [0.15, 0.2) is 0 Å². The predicted molar refractivity (Wildman–Crippen MR) is 104 cm³/mol. The van der Waals surface area contributed by atoms with Crippen LogP contribution in [-0.4, -0.2) is 29.9 Å². The molecule has 0 bridgehead atoms. The van der Waals surface area contributed by atoms with Gasteiger partial charge in [0.1, 0.15) is 5.75 Å². The molecule has 0 radical (unpaired) electrons. The summed E-state index contributed by atoms with van der Waals surface area (Å²) in [6, 6.07) is 8.88. The van der Waals surface area contributed by atoms with Crippen molar-refractivity contribution in [3.05, 3.63) is 53.9 Å². The van der Waals surface area contributed by atoms with Crippen molar-refractivity contribution in [3.8, 4) is 5.75 Å². The van der Waals surface area contributed by atoms with Crippen molar-refractivity contribution in [1.29, 1.82) is 0 Å². The first-order chi connectivity index (χ1) is 13.2. The van der Waals surface area contributed by atoms with E-state index >= 15 is 0 Å². The SMILES string of the molecule is COc1cccc(NC(=O)c2cncc(C(=O)NC3CCCCCC3)c2)c1. The number of methoxy groups -OCH3 is 1. The molecule has 1 aromatic heterocycles. The van der Waals surface area contributed by atoms with Gasteiger partial charge in [0, 0.05) is 30.2 Å². The van der Waals surface area contributed by atoms with Crippen molar-refractivity contribution >= 4 is 17.5 Å². The zero-order chi connectivity index (χ0) is 19.1. The van der Waals surface area contributed by atoms with Crippen LogP contribution in [0.5, 0.6) is 5.75 Å². The molecule has 2 N–H and O–H groups in total. The summed E-state index contributed by atoms with van der Waals surface area (Å²) in [5, 5.41) is 5.88. The molecule has 1 fully saturated rings. The summed E-state index contributed by atoms with van der Waals surface area (Å²) < 4.78 is 5.16. The first-order valence-corrected chi connectivity index (χ1v) is 9.37. The molecule has 6 nitrogen and oxygen atoms in total. The molecule has 6 heteroatoms. The molecule has 2 aromatic rings. The van der Waals surface area contributed by atoms with Gasteiger partial charge in [-0.15, -0.1) is 0 Å². The van der Waals surface area contributed by atoms with Crippen LogP contribution in [0.3, 0.4) is 0 Å². The molecule has 0 saturated heterocycles. The van der Waals surface area contributed by atoms with Crippen molar-refractivity contribution in [2.45, 2.75) is 44.6 Å². The van der Waals surface area contributed by atoms with Crippen molar-refractivity contribution in [2.75, 3.05) is 12.4 Å². The molecule has 3 rings (SSSR count). The number of nitrogens with one attached hydrogen (secondary N) is 2. The van der Waals surface area contributed by atoms with Gasteiger partial charge in [-0.1, -0.05) is 31.7 Å². The Balaban J connectivity index is 1.66. The zero-order valence-electron chi connectivity index (χ0n) is 15.5. The second kappa shape index (κ2) is 9.16. The third-order valence-corrected chi connectivity index (χ3v) is 4.78. The van der Waals surface area contributed by atoms with E-state index in [1.54, 1.807) is 37.4 Å². The lowest BCUT2D eigenvalue weighted by Crippen LogP contribution is -2.34. The topological polar surface area (TPSA) is 80.3 Å². The van der Waals surface area contributed by atoms with Crippen LogP contribution in [0, 0.1) is 0 Å². The minimum absolute atomic E-state index is 0.176. The summed E-state index contributed by atoms with van der Waals surface area (Å²) in [7, 11) is 1.57. The number of aromatic nitrogens is 1. The molecule has 0 aliphatic heterocycles. The first-order valence-electron chi connectivity index (χ1n) is 9.37. The Morgan fingerprint density at radius 1 is 1.00 bits per heavy atom. The maximum Gasteiger partial charge on any atom is 0.257 e. The van der Waals surface area contributed by atoms with Gasteiger partial charge >= 0.3 is 0 Å². The van der Waals surface area contributed by atoms with Gasteiger partial charge in [0.05, 0.1) is 18.2 Å². The third-order valence-electron chi connectivity index (χ3n) is 4.78. The number of pyridine rings is 1. The normalized spacial score (nSPS) is 14.9. The van der Waals surface area contributed by atoms with Gasteiger partial charge in [0.25, 0.3) is 11.8 Å². The lowest BCUT2D eigenvalue weighted by molar-refractivity contribution is 0.0933. The molecule has 1 saturated carbocycles. The minimum Gasteiger partial charge on any atom is -0.497 e. The number of benzene rings is 1.